The number of nitrogen functional groups attached to an aromatic ring is 1. The average Bonchev–Trinajstić information content (AvgIpc) is 2.64. The molecule has 0 spiro atoms. The van der Waals surface area contributed by atoms with Crippen LogP contribution in [0.5, 0.6) is 0 Å². The molecule has 0 atom stereocenters. The lowest BCUT2D eigenvalue weighted by atomic mass is 10.1. The minimum Gasteiger partial charge on any atom is -0.478 e. The highest BCUT2D eigenvalue weighted by atomic mass is 16.4. The molecule has 0 bridgehead atoms. The van der Waals surface area contributed by atoms with Crippen LogP contribution in [0.4, 0.5) is 5.69 Å². The fourth-order valence-corrected chi connectivity index (χ4v) is 1.97. The zero-order valence-electron chi connectivity index (χ0n) is 8.81. The maximum atomic E-state index is 11.0. The Morgan fingerprint density at radius 2 is 1.88 bits per heavy atom. The van der Waals surface area contributed by atoms with Gasteiger partial charge >= 0.3 is 5.97 Å². The van der Waals surface area contributed by atoms with Crippen molar-refractivity contribution in [2.45, 2.75) is 0 Å². The number of aromatic carboxylic acids is 1. The molecular weight excluding hydrogens is 218 g/mol. The predicted molar refractivity (Wildman–Crippen MR) is 65.1 cm³/mol. The molecule has 17 heavy (non-hydrogen) atoms. The van der Waals surface area contributed by atoms with Gasteiger partial charge in [-0.2, -0.15) is 0 Å². The van der Waals surface area contributed by atoms with E-state index in [1.54, 1.807) is 12.1 Å². The lowest BCUT2D eigenvalue weighted by Crippen LogP contribution is -2.01. The van der Waals surface area contributed by atoms with Crippen molar-refractivity contribution < 1.29 is 14.3 Å². The number of furan rings is 1. The molecule has 0 fully saturated rings. The second kappa shape index (κ2) is 3.25. The predicted octanol–water partition coefficient (Wildman–Crippen LogP) is 2.87. The van der Waals surface area contributed by atoms with Crippen LogP contribution in [0.25, 0.3) is 21.9 Å². The number of rotatable bonds is 1. The van der Waals surface area contributed by atoms with Crippen LogP contribution in [-0.4, -0.2) is 11.1 Å². The highest BCUT2D eigenvalue weighted by Crippen LogP contribution is 2.31. The molecule has 1 heterocycles. The van der Waals surface area contributed by atoms with E-state index in [2.05, 4.69) is 0 Å². The fourth-order valence-electron chi connectivity index (χ4n) is 1.97. The summed E-state index contributed by atoms with van der Waals surface area (Å²) in [5, 5.41) is 10.7. The third-order valence-electron chi connectivity index (χ3n) is 2.78. The SMILES string of the molecule is Nc1cc2oc3ccccc3c2cc1C(=O)O. The van der Waals surface area contributed by atoms with Crippen molar-refractivity contribution in [1.29, 1.82) is 0 Å². The average molecular weight is 227 g/mol. The molecule has 0 aliphatic rings. The maximum Gasteiger partial charge on any atom is 0.337 e. The van der Waals surface area contributed by atoms with Gasteiger partial charge in [-0.05, 0) is 12.1 Å². The van der Waals surface area contributed by atoms with Gasteiger partial charge in [-0.1, -0.05) is 18.2 Å². The molecule has 0 aliphatic carbocycles. The molecule has 0 radical (unpaired) electrons. The number of anilines is 1. The standard InChI is InChI=1S/C13H9NO3/c14-10-6-12-8(5-9(10)13(15)16)7-3-1-2-4-11(7)17-12/h1-6H,14H2,(H,15,16). The topological polar surface area (TPSA) is 76.5 Å². The molecular formula is C13H9NO3. The Labute approximate surface area is 96.2 Å². The molecule has 0 saturated heterocycles. The summed E-state index contributed by atoms with van der Waals surface area (Å²) in [5.41, 5.74) is 7.31. The fraction of sp³-hybridized carbons (Fsp3) is 0. The van der Waals surface area contributed by atoms with Gasteiger partial charge in [-0.3, -0.25) is 0 Å². The van der Waals surface area contributed by atoms with Gasteiger partial charge in [0.1, 0.15) is 11.2 Å². The summed E-state index contributed by atoms with van der Waals surface area (Å²) >= 11 is 0. The van der Waals surface area contributed by atoms with Crippen molar-refractivity contribution in [3.63, 3.8) is 0 Å². The molecule has 84 valence electrons. The van der Waals surface area contributed by atoms with Crippen LogP contribution in [0.2, 0.25) is 0 Å². The molecule has 0 aliphatic heterocycles. The summed E-state index contributed by atoms with van der Waals surface area (Å²) in [6, 6.07) is 10.6. The Bertz CT molecular complexity index is 743. The summed E-state index contributed by atoms with van der Waals surface area (Å²) in [6.07, 6.45) is 0. The third-order valence-corrected chi connectivity index (χ3v) is 2.78. The molecule has 3 aromatic rings. The van der Waals surface area contributed by atoms with E-state index in [-0.39, 0.29) is 11.3 Å². The normalized spacial score (nSPS) is 11.1. The zero-order chi connectivity index (χ0) is 12.0. The Morgan fingerprint density at radius 1 is 1.12 bits per heavy atom. The maximum absolute atomic E-state index is 11.0. The van der Waals surface area contributed by atoms with Crippen molar-refractivity contribution in [2.75, 3.05) is 5.73 Å². The summed E-state index contributed by atoms with van der Waals surface area (Å²) < 4.78 is 5.60. The number of para-hydroxylation sites is 1. The van der Waals surface area contributed by atoms with Gasteiger partial charge in [0.15, 0.2) is 0 Å². The van der Waals surface area contributed by atoms with Crippen molar-refractivity contribution in [2.24, 2.45) is 0 Å². The number of benzene rings is 2. The Hall–Kier alpha value is -2.49. The van der Waals surface area contributed by atoms with Crippen LogP contribution in [0.15, 0.2) is 40.8 Å². The monoisotopic (exact) mass is 227 g/mol. The summed E-state index contributed by atoms with van der Waals surface area (Å²) in [6.45, 7) is 0. The van der Waals surface area contributed by atoms with Gasteiger partial charge in [0.2, 0.25) is 0 Å². The van der Waals surface area contributed by atoms with Crippen LogP contribution in [0, 0.1) is 0 Å². The molecule has 3 N–H and O–H groups in total. The Balaban J connectivity index is 2.47. The van der Waals surface area contributed by atoms with Crippen molar-refractivity contribution >= 4 is 33.6 Å². The van der Waals surface area contributed by atoms with Crippen LogP contribution in [0.1, 0.15) is 10.4 Å². The van der Waals surface area contributed by atoms with E-state index >= 15 is 0 Å². The number of carboxylic acids is 1. The number of fused-ring (bicyclic) bond motifs is 3. The minimum absolute atomic E-state index is 0.101. The van der Waals surface area contributed by atoms with Crippen LogP contribution in [0.3, 0.4) is 0 Å². The molecule has 1 aromatic heterocycles. The van der Waals surface area contributed by atoms with E-state index in [0.29, 0.717) is 5.58 Å². The summed E-state index contributed by atoms with van der Waals surface area (Å²) in [7, 11) is 0. The molecule has 0 unspecified atom stereocenters. The van der Waals surface area contributed by atoms with Gasteiger partial charge < -0.3 is 15.3 Å². The number of hydrogen-bond donors (Lipinski definition) is 2. The summed E-state index contributed by atoms with van der Waals surface area (Å²) in [4.78, 5) is 11.0. The van der Waals surface area contributed by atoms with E-state index in [4.69, 9.17) is 15.3 Å². The second-order valence-corrected chi connectivity index (χ2v) is 3.84. The third kappa shape index (κ3) is 1.34. The lowest BCUT2D eigenvalue weighted by Gasteiger charge is -1.99. The van der Waals surface area contributed by atoms with Crippen LogP contribution >= 0.6 is 0 Å². The number of hydrogen-bond acceptors (Lipinski definition) is 3. The Morgan fingerprint density at radius 3 is 2.65 bits per heavy atom. The molecule has 0 amide bonds. The van der Waals surface area contributed by atoms with Gasteiger partial charge in [0.25, 0.3) is 0 Å². The lowest BCUT2D eigenvalue weighted by molar-refractivity contribution is 0.0698. The number of carboxylic acid groups (broad SMARTS) is 1. The van der Waals surface area contributed by atoms with E-state index in [1.807, 2.05) is 24.3 Å². The second-order valence-electron chi connectivity index (χ2n) is 3.84. The first-order chi connectivity index (χ1) is 8.16. The van der Waals surface area contributed by atoms with E-state index < -0.39 is 5.97 Å². The van der Waals surface area contributed by atoms with Crippen molar-refractivity contribution in [3.05, 3.63) is 42.0 Å². The highest BCUT2D eigenvalue weighted by molar-refractivity contribution is 6.09. The van der Waals surface area contributed by atoms with Gasteiger partial charge in [-0.15, -0.1) is 0 Å². The zero-order valence-corrected chi connectivity index (χ0v) is 8.81. The first kappa shape index (κ1) is 9.72. The quantitative estimate of drug-likeness (QED) is 0.626. The molecule has 4 heteroatoms. The first-order valence-corrected chi connectivity index (χ1v) is 5.11. The van der Waals surface area contributed by atoms with Crippen molar-refractivity contribution in [3.8, 4) is 0 Å². The van der Waals surface area contributed by atoms with Crippen LogP contribution < -0.4 is 5.73 Å². The summed E-state index contributed by atoms with van der Waals surface area (Å²) in [5.74, 6) is -1.03. The molecule has 0 saturated carbocycles. The molecule has 4 nitrogen and oxygen atoms in total. The van der Waals surface area contributed by atoms with E-state index in [0.717, 1.165) is 16.4 Å². The Kier molecular flexibility index (Phi) is 1.86. The van der Waals surface area contributed by atoms with E-state index in [1.165, 1.54) is 0 Å². The molecule has 2 aromatic carbocycles. The van der Waals surface area contributed by atoms with E-state index in [9.17, 15) is 4.79 Å². The van der Waals surface area contributed by atoms with Gasteiger partial charge in [-0.25, -0.2) is 4.79 Å². The highest BCUT2D eigenvalue weighted by Gasteiger charge is 2.13. The number of carbonyl (C=O) groups is 1. The minimum atomic E-state index is -1.03. The smallest absolute Gasteiger partial charge is 0.337 e. The number of nitrogens with two attached hydrogens (primary N) is 1. The largest absolute Gasteiger partial charge is 0.478 e. The first-order valence-electron chi connectivity index (χ1n) is 5.11. The molecule has 3 rings (SSSR count). The van der Waals surface area contributed by atoms with Crippen LogP contribution in [-0.2, 0) is 0 Å². The van der Waals surface area contributed by atoms with Crippen molar-refractivity contribution in [1.82, 2.24) is 0 Å². The van der Waals surface area contributed by atoms with Gasteiger partial charge in [0, 0.05) is 22.5 Å². The van der Waals surface area contributed by atoms with Gasteiger partial charge in [0.05, 0.1) is 5.56 Å².